The van der Waals surface area contributed by atoms with Crippen molar-refractivity contribution in [2.24, 2.45) is 5.92 Å². The molecule has 0 aromatic heterocycles. The molecule has 0 radical (unpaired) electrons. The lowest BCUT2D eigenvalue weighted by atomic mass is 9.98. The minimum atomic E-state index is 0.0957. The van der Waals surface area contributed by atoms with E-state index in [1.165, 1.54) is 38.8 Å². The fourth-order valence-corrected chi connectivity index (χ4v) is 2.31. The van der Waals surface area contributed by atoms with Gasteiger partial charge in [-0.15, -0.1) is 0 Å². The Hall–Kier alpha value is -0.120. The molecule has 0 aromatic carbocycles. The van der Waals surface area contributed by atoms with E-state index in [4.69, 9.17) is 9.47 Å². The number of hydrogen-bond acceptors (Lipinski definition) is 3. The average Bonchev–Trinajstić information content (AvgIpc) is 2.30. The Morgan fingerprint density at radius 1 is 1.20 bits per heavy atom. The Bertz CT molecular complexity index is 172. The Labute approximate surface area is 92.7 Å². The number of piperidine rings is 1. The van der Waals surface area contributed by atoms with Gasteiger partial charge in [0.2, 0.25) is 0 Å². The van der Waals surface area contributed by atoms with Crippen LogP contribution in [0.25, 0.3) is 0 Å². The topological polar surface area (TPSA) is 21.7 Å². The van der Waals surface area contributed by atoms with Gasteiger partial charge in [-0.05, 0) is 58.2 Å². The predicted octanol–water partition coefficient (Wildman–Crippen LogP) is 1.87. The second-order valence-corrected chi connectivity index (χ2v) is 4.88. The highest BCUT2D eigenvalue weighted by molar-refractivity contribution is 4.69. The van der Waals surface area contributed by atoms with Crippen LogP contribution < -0.4 is 0 Å². The first kappa shape index (κ1) is 11.4. The third-order valence-corrected chi connectivity index (χ3v) is 3.49. The highest BCUT2D eigenvalue weighted by Crippen LogP contribution is 2.19. The van der Waals surface area contributed by atoms with E-state index in [0.717, 1.165) is 25.6 Å². The van der Waals surface area contributed by atoms with Crippen molar-refractivity contribution in [2.45, 2.75) is 38.4 Å². The molecule has 2 fully saturated rings. The predicted molar refractivity (Wildman–Crippen MR) is 59.8 cm³/mol. The van der Waals surface area contributed by atoms with Crippen LogP contribution in [0.15, 0.2) is 0 Å². The molecule has 0 bridgehead atoms. The molecule has 3 nitrogen and oxygen atoms in total. The maximum absolute atomic E-state index is 5.82. The first-order chi connectivity index (χ1) is 7.34. The molecule has 15 heavy (non-hydrogen) atoms. The molecule has 2 heterocycles. The highest BCUT2D eigenvalue weighted by atomic mass is 16.7. The Morgan fingerprint density at radius 3 is 2.67 bits per heavy atom. The van der Waals surface area contributed by atoms with Gasteiger partial charge in [-0.25, -0.2) is 0 Å². The first-order valence-electron chi connectivity index (χ1n) is 6.26. The van der Waals surface area contributed by atoms with Crippen molar-refractivity contribution in [1.29, 1.82) is 0 Å². The zero-order valence-electron chi connectivity index (χ0n) is 9.78. The molecule has 1 atom stereocenters. The van der Waals surface area contributed by atoms with Crippen molar-refractivity contribution in [3.63, 3.8) is 0 Å². The van der Waals surface area contributed by atoms with Gasteiger partial charge >= 0.3 is 0 Å². The molecular weight excluding hydrogens is 190 g/mol. The van der Waals surface area contributed by atoms with Crippen molar-refractivity contribution in [3.05, 3.63) is 0 Å². The summed E-state index contributed by atoms with van der Waals surface area (Å²) in [4.78, 5) is 2.40. The zero-order chi connectivity index (χ0) is 10.5. The number of rotatable bonds is 3. The molecule has 0 N–H and O–H groups in total. The molecule has 0 saturated carbocycles. The minimum Gasteiger partial charge on any atom is -0.353 e. The van der Waals surface area contributed by atoms with Gasteiger partial charge in [0.05, 0.1) is 6.61 Å². The Kier molecular flexibility index (Phi) is 4.42. The zero-order valence-corrected chi connectivity index (χ0v) is 9.78. The fraction of sp³-hybridized carbons (Fsp3) is 1.00. The fourth-order valence-electron chi connectivity index (χ4n) is 2.31. The number of hydrogen-bond donors (Lipinski definition) is 0. The molecular formula is C12H23NO2. The third-order valence-electron chi connectivity index (χ3n) is 3.49. The Balaban J connectivity index is 1.60. The van der Waals surface area contributed by atoms with Crippen LogP contribution in [0, 0.1) is 5.92 Å². The third kappa shape index (κ3) is 3.74. The molecule has 0 aliphatic carbocycles. The van der Waals surface area contributed by atoms with E-state index in [1.54, 1.807) is 0 Å². The van der Waals surface area contributed by atoms with Gasteiger partial charge in [0.1, 0.15) is 0 Å². The minimum absolute atomic E-state index is 0.0957. The standard InChI is InChI=1S/C12H23NO2/c1-13-7-5-11(6-8-13)10-15-12-4-2-3-9-14-12/h11-12H,2-10H2,1H3. The van der Waals surface area contributed by atoms with E-state index < -0.39 is 0 Å². The summed E-state index contributed by atoms with van der Waals surface area (Å²) in [5.74, 6) is 0.756. The van der Waals surface area contributed by atoms with Crippen LogP contribution in [0.2, 0.25) is 0 Å². The van der Waals surface area contributed by atoms with Gasteiger partial charge < -0.3 is 14.4 Å². The smallest absolute Gasteiger partial charge is 0.157 e. The quantitative estimate of drug-likeness (QED) is 0.714. The van der Waals surface area contributed by atoms with Crippen LogP contribution in [-0.4, -0.2) is 44.5 Å². The molecule has 0 spiro atoms. The van der Waals surface area contributed by atoms with E-state index >= 15 is 0 Å². The van der Waals surface area contributed by atoms with E-state index in [0.29, 0.717) is 0 Å². The average molecular weight is 213 g/mol. The molecule has 2 saturated heterocycles. The second-order valence-electron chi connectivity index (χ2n) is 4.88. The van der Waals surface area contributed by atoms with Crippen LogP contribution in [0.4, 0.5) is 0 Å². The molecule has 3 heteroatoms. The van der Waals surface area contributed by atoms with Gasteiger partial charge in [-0.1, -0.05) is 0 Å². The summed E-state index contributed by atoms with van der Waals surface area (Å²) in [6.45, 7) is 4.23. The molecule has 1 unspecified atom stereocenters. The van der Waals surface area contributed by atoms with Crippen molar-refractivity contribution < 1.29 is 9.47 Å². The van der Waals surface area contributed by atoms with Crippen molar-refractivity contribution in [2.75, 3.05) is 33.4 Å². The maximum atomic E-state index is 5.82. The SMILES string of the molecule is CN1CCC(COC2CCCCO2)CC1. The molecule has 0 aromatic rings. The lowest BCUT2D eigenvalue weighted by molar-refractivity contribution is -0.170. The van der Waals surface area contributed by atoms with Crippen molar-refractivity contribution >= 4 is 0 Å². The summed E-state index contributed by atoms with van der Waals surface area (Å²) < 4.78 is 11.4. The second kappa shape index (κ2) is 5.83. The van der Waals surface area contributed by atoms with Gasteiger partial charge in [-0.2, -0.15) is 0 Å². The summed E-state index contributed by atoms with van der Waals surface area (Å²) >= 11 is 0. The van der Waals surface area contributed by atoms with Gasteiger partial charge in [-0.3, -0.25) is 0 Å². The highest BCUT2D eigenvalue weighted by Gasteiger charge is 2.20. The summed E-state index contributed by atoms with van der Waals surface area (Å²) in [6.07, 6.45) is 6.21. The molecule has 88 valence electrons. The number of ether oxygens (including phenoxy) is 2. The van der Waals surface area contributed by atoms with Crippen molar-refractivity contribution in [1.82, 2.24) is 4.90 Å². The van der Waals surface area contributed by atoms with E-state index in [1.807, 2.05) is 0 Å². The summed E-state index contributed by atoms with van der Waals surface area (Å²) in [5.41, 5.74) is 0. The number of nitrogens with zero attached hydrogens (tertiary/aromatic N) is 1. The van der Waals surface area contributed by atoms with E-state index in [9.17, 15) is 0 Å². The largest absolute Gasteiger partial charge is 0.353 e. The molecule has 2 aliphatic heterocycles. The molecule has 2 rings (SSSR count). The maximum Gasteiger partial charge on any atom is 0.157 e. The van der Waals surface area contributed by atoms with Crippen LogP contribution in [0.3, 0.4) is 0 Å². The monoisotopic (exact) mass is 213 g/mol. The van der Waals surface area contributed by atoms with Crippen molar-refractivity contribution in [3.8, 4) is 0 Å². The molecule has 0 amide bonds. The molecule has 2 aliphatic rings. The summed E-state index contributed by atoms with van der Waals surface area (Å²) in [7, 11) is 2.20. The van der Waals surface area contributed by atoms with Gasteiger partial charge in [0.25, 0.3) is 0 Å². The summed E-state index contributed by atoms with van der Waals surface area (Å²) in [5, 5.41) is 0. The van der Waals surface area contributed by atoms with Crippen LogP contribution in [-0.2, 0) is 9.47 Å². The Morgan fingerprint density at radius 2 is 2.00 bits per heavy atom. The van der Waals surface area contributed by atoms with Gasteiger partial charge in [0, 0.05) is 6.61 Å². The lowest BCUT2D eigenvalue weighted by Gasteiger charge is -2.30. The normalized spacial score (nSPS) is 30.6. The first-order valence-corrected chi connectivity index (χ1v) is 6.26. The lowest BCUT2D eigenvalue weighted by Crippen LogP contribution is -2.33. The van der Waals surface area contributed by atoms with E-state index in [-0.39, 0.29) is 6.29 Å². The van der Waals surface area contributed by atoms with Crippen LogP contribution >= 0.6 is 0 Å². The summed E-state index contributed by atoms with van der Waals surface area (Å²) in [6, 6.07) is 0. The van der Waals surface area contributed by atoms with Crippen LogP contribution in [0.1, 0.15) is 32.1 Å². The van der Waals surface area contributed by atoms with E-state index in [2.05, 4.69) is 11.9 Å². The van der Waals surface area contributed by atoms with Gasteiger partial charge in [0.15, 0.2) is 6.29 Å². The number of likely N-dealkylation sites (tertiary alicyclic amines) is 1. The van der Waals surface area contributed by atoms with Crippen LogP contribution in [0.5, 0.6) is 0 Å².